The third-order valence-corrected chi connectivity index (χ3v) is 3.54. The van der Waals surface area contributed by atoms with Crippen molar-refractivity contribution < 1.29 is 9.53 Å². The molecule has 0 amide bonds. The van der Waals surface area contributed by atoms with Crippen molar-refractivity contribution in [3.63, 3.8) is 0 Å². The molecule has 104 valence electrons. The number of likely N-dealkylation sites (tertiary alicyclic amines) is 1. The highest BCUT2D eigenvalue weighted by atomic mass is 35.5. The quantitative estimate of drug-likeness (QED) is 0.629. The van der Waals surface area contributed by atoms with Gasteiger partial charge < -0.3 is 4.74 Å². The molecule has 0 aromatic carbocycles. The summed E-state index contributed by atoms with van der Waals surface area (Å²) in [6.07, 6.45) is 3.75. The first-order chi connectivity index (χ1) is 9.19. The topological polar surface area (TPSA) is 42.4 Å². The van der Waals surface area contributed by atoms with E-state index in [9.17, 15) is 4.79 Å². The molecular weight excluding hydrogens is 264 g/mol. The second-order valence-corrected chi connectivity index (χ2v) is 5.20. The maximum atomic E-state index is 11.8. The molecule has 1 atom stereocenters. The average molecular weight is 283 g/mol. The summed E-state index contributed by atoms with van der Waals surface area (Å²) in [5.74, 6) is -0.0598. The van der Waals surface area contributed by atoms with E-state index in [1.807, 2.05) is 13.0 Å². The van der Waals surface area contributed by atoms with Crippen molar-refractivity contribution in [1.29, 1.82) is 0 Å². The number of esters is 1. The number of hydrogen-bond donors (Lipinski definition) is 0. The van der Waals surface area contributed by atoms with Crippen LogP contribution in [-0.4, -0.2) is 35.5 Å². The van der Waals surface area contributed by atoms with Crippen LogP contribution in [0.3, 0.4) is 0 Å². The van der Waals surface area contributed by atoms with Gasteiger partial charge in [0.15, 0.2) is 0 Å². The lowest BCUT2D eigenvalue weighted by Gasteiger charge is -2.31. The minimum Gasteiger partial charge on any atom is -0.466 e. The lowest BCUT2D eigenvalue weighted by molar-refractivity contribution is -0.150. The number of carbonyl (C=O) groups is 1. The van der Waals surface area contributed by atoms with E-state index >= 15 is 0 Å². The second-order valence-electron chi connectivity index (χ2n) is 4.82. The summed E-state index contributed by atoms with van der Waals surface area (Å²) in [4.78, 5) is 18.1. The molecule has 0 unspecified atom stereocenters. The Morgan fingerprint density at radius 3 is 3.11 bits per heavy atom. The highest BCUT2D eigenvalue weighted by Crippen LogP contribution is 2.20. The van der Waals surface area contributed by atoms with Gasteiger partial charge in [-0.3, -0.25) is 9.69 Å². The second kappa shape index (κ2) is 6.87. The van der Waals surface area contributed by atoms with Gasteiger partial charge in [-0.25, -0.2) is 4.98 Å². The molecule has 1 aromatic rings. The summed E-state index contributed by atoms with van der Waals surface area (Å²) in [6, 6.07) is 3.77. The Kier molecular flexibility index (Phi) is 5.16. The molecule has 0 bridgehead atoms. The molecule has 2 rings (SSSR count). The third-order valence-electron chi connectivity index (χ3n) is 3.32. The van der Waals surface area contributed by atoms with E-state index in [-0.39, 0.29) is 11.9 Å². The number of ether oxygens (including phenoxy) is 1. The Balaban J connectivity index is 1.90. The number of aromatic nitrogens is 1. The molecule has 1 aliphatic rings. The van der Waals surface area contributed by atoms with Gasteiger partial charge in [-0.05, 0) is 37.9 Å². The zero-order valence-electron chi connectivity index (χ0n) is 11.1. The van der Waals surface area contributed by atoms with E-state index in [0.717, 1.165) is 38.0 Å². The van der Waals surface area contributed by atoms with E-state index in [0.29, 0.717) is 11.8 Å². The van der Waals surface area contributed by atoms with Crippen LogP contribution >= 0.6 is 11.6 Å². The minimum absolute atomic E-state index is 0.00830. The fourth-order valence-electron chi connectivity index (χ4n) is 2.41. The summed E-state index contributed by atoms with van der Waals surface area (Å²) in [6.45, 7) is 4.88. The highest BCUT2D eigenvalue weighted by Gasteiger charge is 2.26. The Bertz CT molecular complexity index is 422. The van der Waals surface area contributed by atoms with E-state index in [4.69, 9.17) is 16.3 Å². The predicted molar refractivity (Wildman–Crippen MR) is 73.9 cm³/mol. The van der Waals surface area contributed by atoms with Crippen molar-refractivity contribution in [3.8, 4) is 0 Å². The predicted octanol–water partition coefficient (Wildman–Crippen LogP) is 2.51. The van der Waals surface area contributed by atoms with Gasteiger partial charge in [-0.2, -0.15) is 0 Å². The average Bonchev–Trinajstić information content (AvgIpc) is 2.42. The van der Waals surface area contributed by atoms with E-state index in [2.05, 4.69) is 9.88 Å². The van der Waals surface area contributed by atoms with Crippen molar-refractivity contribution in [2.24, 2.45) is 5.92 Å². The van der Waals surface area contributed by atoms with E-state index < -0.39 is 0 Å². The van der Waals surface area contributed by atoms with Crippen LogP contribution in [-0.2, 0) is 16.1 Å². The summed E-state index contributed by atoms with van der Waals surface area (Å²) in [7, 11) is 0. The molecule has 0 radical (unpaired) electrons. The number of halogens is 1. The molecular formula is C14H19ClN2O2. The molecule has 0 saturated carbocycles. The zero-order chi connectivity index (χ0) is 13.7. The van der Waals surface area contributed by atoms with Crippen molar-refractivity contribution in [2.75, 3.05) is 19.7 Å². The Morgan fingerprint density at radius 1 is 1.58 bits per heavy atom. The molecule has 0 spiro atoms. The fraction of sp³-hybridized carbons (Fsp3) is 0.571. The van der Waals surface area contributed by atoms with Crippen molar-refractivity contribution in [3.05, 3.63) is 29.0 Å². The van der Waals surface area contributed by atoms with Gasteiger partial charge >= 0.3 is 5.97 Å². The van der Waals surface area contributed by atoms with E-state index in [1.165, 1.54) is 0 Å². The molecule has 1 aliphatic heterocycles. The summed E-state index contributed by atoms with van der Waals surface area (Å²) in [5.41, 5.74) is 1.12. The molecule has 4 nitrogen and oxygen atoms in total. The fourth-order valence-corrected chi connectivity index (χ4v) is 2.52. The first-order valence-corrected chi connectivity index (χ1v) is 7.06. The Labute approximate surface area is 118 Å². The van der Waals surface area contributed by atoms with Gasteiger partial charge in [0.05, 0.1) is 12.5 Å². The summed E-state index contributed by atoms with van der Waals surface area (Å²) in [5, 5.41) is 0.506. The first kappa shape index (κ1) is 14.3. The molecule has 0 N–H and O–H groups in total. The molecule has 19 heavy (non-hydrogen) atoms. The number of piperidine rings is 1. The van der Waals surface area contributed by atoms with Gasteiger partial charge in [0, 0.05) is 19.3 Å². The maximum Gasteiger partial charge on any atom is 0.310 e. The Morgan fingerprint density at radius 2 is 2.42 bits per heavy atom. The van der Waals surface area contributed by atoms with Crippen molar-refractivity contribution in [2.45, 2.75) is 26.3 Å². The molecule has 2 heterocycles. The van der Waals surface area contributed by atoms with Crippen LogP contribution in [0.15, 0.2) is 18.3 Å². The first-order valence-electron chi connectivity index (χ1n) is 6.68. The standard InChI is InChI=1S/C14H19ClN2O2/c1-2-19-14(18)12-4-3-7-17(10-12)9-11-5-6-13(15)16-8-11/h5-6,8,12H,2-4,7,9-10H2,1H3/t12-/m1/s1. The SMILES string of the molecule is CCOC(=O)[C@@H]1CCCN(Cc2ccc(Cl)nc2)C1. The zero-order valence-corrected chi connectivity index (χ0v) is 11.9. The third kappa shape index (κ3) is 4.18. The molecule has 1 saturated heterocycles. The van der Waals surface area contributed by atoms with E-state index in [1.54, 1.807) is 12.3 Å². The van der Waals surface area contributed by atoms with Gasteiger partial charge in [0.1, 0.15) is 5.15 Å². The number of hydrogen-bond acceptors (Lipinski definition) is 4. The maximum absolute atomic E-state index is 11.8. The molecule has 1 fully saturated rings. The number of pyridine rings is 1. The van der Waals surface area contributed by atoms with Crippen LogP contribution in [0, 0.1) is 5.92 Å². The lowest BCUT2D eigenvalue weighted by atomic mass is 9.98. The van der Waals surface area contributed by atoms with Crippen LogP contribution in [0.5, 0.6) is 0 Å². The van der Waals surface area contributed by atoms with Crippen molar-refractivity contribution in [1.82, 2.24) is 9.88 Å². The Hall–Kier alpha value is -1.13. The molecule has 5 heteroatoms. The monoisotopic (exact) mass is 282 g/mol. The number of carbonyl (C=O) groups excluding carboxylic acids is 1. The van der Waals surface area contributed by atoms with Crippen LogP contribution in [0.2, 0.25) is 5.15 Å². The highest BCUT2D eigenvalue weighted by molar-refractivity contribution is 6.29. The lowest BCUT2D eigenvalue weighted by Crippen LogP contribution is -2.38. The van der Waals surface area contributed by atoms with Gasteiger partial charge in [-0.15, -0.1) is 0 Å². The van der Waals surface area contributed by atoms with Crippen LogP contribution < -0.4 is 0 Å². The number of rotatable bonds is 4. The van der Waals surface area contributed by atoms with Crippen LogP contribution in [0.25, 0.3) is 0 Å². The smallest absolute Gasteiger partial charge is 0.310 e. The van der Waals surface area contributed by atoms with Gasteiger partial charge in [-0.1, -0.05) is 17.7 Å². The van der Waals surface area contributed by atoms with Crippen LogP contribution in [0.4, 0.5) is 0 Å². The minimum atomic E-state index is -0.0681. The summed E-state index contributed by atoms with van der Waals surface area (Å²) < 4.78 is 5.10. The molecule has 1 aromatic heterocycles. The van der Waals surface area contributed by atoms with Gasteiger partial charge in [0.25, 0.3) is 0 Å². The van der Waals surface area contributed by atoms with Gasteiger partial charge in [0.2, 0.25) is 0 Å². The number of nitrogens with zero attached hydrogens (tertiary/aromatic N) is 2. The largest absolute Gasteiger partial charge is 0.466 e. The normalized spacial score (nSPS) is 20.2. The van der Waals surface area contributed by atoms with Crippen LogP contribution in [0.1, 0.15) is 25.3 Å². The van der Waals surface area contributed by atoms with Crippen molar-refractivity contribution >= 4 is 17.6 Å². The molecule has 0 aliphatic carbocycles. The summed E-state index contributed by atoms with van der Waals surface area (Å²) >= 11 is 5.77.